The highest BCUT2D eigenvalue weighted by molar-refractivity contribution is 7.99. The second-order valence-corrected chi connectivity index (χ2v) is 6.79. The number of nitrogens with one attached hydrogen (secondary N) is 1. The Bertz CT molecular complexity index is 531. The fourth-order valence-electron chi connectivity index (χ4n) is 2.97. The lowest BCUT2D eigenvalue weighted by Gasteiger charge is -2.38. The monoisotopic (exact) mass is 344 g/mol. The first-order chi connectivity index (χ1) is 11.0. The highest BCUT2D eigenvalue weighted by Crippen LogP contribution is 2.31. The summed E-state index contributed by atoms with van der Waals surface area (Å²) in [6.07, 6.45) is 2.03. The van der Waals surface area contributed by atoms with Crippen LogP contribution in [0.4, 0.5) is 14.5 Å². The molecule has 1 amide bonds. The van der Waals surface area contributed by atoms with Crippen molar-refractivity contribution < 1.29 is 18.7 Å². The predicted molar refractivity (Wildman–Crippen MR) is 87.8 cm³/mol. The Morgan fingerprint density at radius 2 is 2.22 bits per heavy atom. The molecule has 23 heavy (non-hydrogen) atoms. The van der Waals surface area contributed by atoms with Gasteiger partial charge in [-0.3, -0.25) is 9.69 Å². The molecule has 4 nitrogen and oxygen atoms in total. The standard InChI is InChI=1S/C16H22F2N2O2S/c1-11-5-4-8-20(13(11)10-21)9-15(22)19-12-6-2-3-7-14(12)23-16(17)18/h2-3,6-7,11,13,16,21H,4-5,8-10H2,1H3,(H,19,22). The zero-order chi connectivity index (χ0) is 16.8. The minimum absolute atomic E-state index is 0.0201. The van der Waals surface area contributed by atoms with Crippen LogP contribution >= 0.6 is 11.8 Å². The van der Waals surface area contributed by atoms with Crippen LogP contribution in [0, 0.1) is 5.92 Å². The summed E-state index contributed by atoms with van der Waals surface area (Å²) in [5.41, 5.74) is 0.397. The summed E-state index contributed by atoms with van der Waals surface area (Å²) in [5, 5.41) is 12.2. The number of benzene rings is 1. The molecule has 1 aromatic rings. The van der Waals surface area contributed by atoms with Gasteiger partial charge in [0.05, 0.1) is 18.8 Å². The van der Waals surface area contributed by atoms with Crippen molar-refractivity contribution in [1.82, 2.24) is 4.90 Å². The number of hydrogen-bond acceptors (Lipinski definition) is 4. The molecule has 2 N–H and O–H groups in total. The second kappa shape index (κ2) is 8.61. The van der Waals surface area contributed by atoms with Crippen molar-refractivity contribution in [3.8, 4) is 0 Å². The Hall–Kier alpha value is -1.18. The van der Waals surface area contributed by atoms with Crippen molar-refractivity contribution in [3.05, 3.63) is 24.3 Å². The first-order valence-corrected chi connectivity index (χ1v) is 8.58. The Balaban J connectivity index is 1.99. The van der Waals surface area contributed by atoms with Gasteiger partial charge in [0, 0.05) is 10.9 Å². The molecule has 0 saturated carbocycles. The molecular weight excluding hydrogens is 322 g/mol. The summed E-state index contributed by atoms with van der Waals surface area (Å²) in [5.74, 6) is -2.45. The lowest BCUT2D eigenvalue weighted by Crippen LogP contribution is -2.49. The number of carbonyl (C=O) groups excluding carboxylic acids is 1. The molecule has 1 fully saturated rings. The third-order valence-corrected chi connectivity index (χ3v) is 4.93. The molecule has 1 aliphatic heterocycles. The van der Waals surface area contributed by atoms with E-state index < -0.39 is 5.76 Å². The number of nitrogens with zero attached hydrogens (tertiary/aromatic N) is 1. The van der Waals surface area contributed by atoms with Crippen LogP contribution in [0.3, 0.4) is 0 Å². The van der Waals surface area contributed by atoms with Crippen molar-refractivity contribution in [2.24, 2.45) is 5.92 Å². The molecule has 2 atom stereocenters. The summed E-state index contributed by atoms with van der Waals surface area (Å²) in [4.78, 5) is 14.6. The number of thioether (sulfide) groups is 1. The molecular formula is C16H22F2N2O2S. The summed E-state index contributed by atoms with van der Waals surface area (Å²) >= 11 is 0.417. The number of hydrogen-bond donors (Lipinski definition) is 2. The summed E-state index contributed by atoms with van der Waals surface area (Å²) < 4.78 is 25.1. The molecule has 0 radical (unpaired) electrons. The number of carbonyl (C=O) groups is 1. The van der Waals surface area contributed by atoms with E-state index in [0.717, 1.165) is 19.4 Å². The van der Waals surface area contributed by atoms with Crippen molar-refractivity contribution in [3.63, 3.8) is 0 Å². The SMILES string of the molecule is CC1CCCN(CC(=O)Nc2ccccc2SC(F)F)C1CO. The molecule has 0 aromatic heterocycles. The van der Waals surface area contributed by atoms with Gasteiger partial charge in [-0.25, -0.2) is 0 Å². The molecule has 1 aliphatic rings. The minimum atomic E-state index is -2.53. The van der Waals surface area contributed by atoms with Crippen LogP contribution in [0.2, 0.25) is 0 Å². The maximum atomic E-state index is 12.6. The highest BCUT2D eigenvalue weighted by atomic mass is 32.2. The van der Waals surface area contributed by atoms with Crippen LogP contribution in [-0.2, 0) is 4.79 Å². The molecule has 2 rings (SSSR count). The summed E-state index contributed by atoms with van der Waals surface area (Å²) in [6.45, 7) is 3.01. The minimum Gasteiger partial charge on any atom is -0.395 e. The Morgan fingerprint density at radius 3 is 2.91 bits per heavy atom. The second-order valence-electron chi connectivity index (χ2n) is 5.76. The summed E-state index contributed by atoms with van der Waals surface area (Å²) in [7, 11) is 0. The van der Waals surface area contributed by atoms with Gasteiger partial charge in [0.25, 0.3) is 5.76 Å². The lowest BCUT2D eigenvalue weighted by atomic mass is 9.91. The van der Waals surface area contributed by atoms with Gasteiger partial charge in [-0.05, 0) is 37.4 Å². The Labute approximate surface area is 139 Å². The van der Waals surface area contributed by atoms with Gasteiger partial charge in [0.1, 0.15) is 0 Å². The van der Waals surface area contributed by atoms with E-state index in [1.165, 1.54) is 0 Å². The van der Waals surface area contributed by atoms with E-state index in [9.17, 15) is 18.7 Å². The summed E-state index contributed by atoms with van der Waals surface area (Å²) in [6, 6.07) is 6.51. The van der Waals surface area contributed by atoms with E-state index in [0.29, 0.717) is 28.3 Å². The van der Waals surface area contributed by atoms with Crippen molar-refractivity contribution >= 4 is 23.4 Å². The molecule has 1 saturated heterocycles. The number of halogens is 2. The molecule has 7 heteroatoms. The molecule has 2 unspecified atom stereocenters. The smallest absolute Gasteiger partial charge is 0.288 e. The average Bonchev–Trinajstić information content (AvgIpc) is 2.49. The number of rotatable bonds is 6. The van der Waals surface area contributed by atoms with Crippen LogP contribution < -0.4 is 5.32 Å². The first kappa shape index (κ1) is 18.2. The number of amides is 1. The van der Waals surface area contributed by atoms with Gasteiger partial charge in [0.15, 0.2) is 0 Å². The van der Waals surface area contributed by atoms with Gasteiger partial charge in [-0.15, -0.1) is 0 Å². The van der Waals surface area contributed by atoms with E-state index >= 15 is 0 Å². The fourth-order valence-corrected chi connectivity index (χ4v) is 3.56. The average molecular weight is 344 g/mol. The third kappa shape index (κ3) is 5.16. The first-order valence-electron chi connectivity index (χ1n) is 7.70. The van der Waals surface area contributed by atoms with Crippen LogP contribution in [-0.4, -0.2) is 47.4 Å². The number of likely N-dealkylation sites (tertiary alicyclic amines) is 1. The molecule has 1 heterocycles. The van der Waals surface area contributed by atoms with E-state index in [1.54, 1.807) is 24.3 Å². The van der Waals surface area contributed by atoms with Crippen molar-refractivity contribution in [2.75, 3.05) is 25.0 Å². The van der Waals surface area contributed by atoms with Gasteiger partial charge in [-0.1, -0.05) is 30.8 Å². The normalized spacial score (nSPS) is 22.3. The van der Waals surface area contributed by atoms with Crippen molar-refractivity contribution in [2.45, 2.75) is 36.5 Å². The fraction of sp³-hybridized carbons (Fsp3) is 0.562. The van der Waals surface area contributed by atoms with Gasteiger partial charge in [0.2, 0.25) is 5.91 Å². The Kier molecular flexibility index (Phi) is 6.80. The highest BCUT2D eigenvalue weighted by Gasteiger charge is 2.29. The Morgan fingerprint density at radius 1 is 1.48 bits per heavy atom. The quantitative estimate of drug-likeness (QED) is 0.779. The molecule has 1 aromatic carbocycles. The zero-order valence-electron chi connectivity index (χ0n) is 13.0. The van der Waals surface area contributed by atoms with Gasteiger partial charge < -0.3 is 10.4 Å². The number of aliphatic hydroxyl groups is 1. The topological polar surface area (TPSA) is 52.6 Å². The molecule has 0 spiro atoms. The van der Waals surface area contributed by atoms with Crippen molar-refractivity contribution in [1.29, 1.82) is 0 Å². The number of anilines is 1. The molecule has 0 bridgehead atoms. The number of aliphatic hydroxyl groups excluding tert-OH is 1. The van der Waals surface area contributed by atoms with E-state index in [1.807, 2.05) is 4.90 Å². The van der Waals surface area contributed by atoms with Crippen LogP contribution in [0.5, 0.6) is 0 Å². The largest absolute Gasteiger partial charge is 0.395 e. The van der Waals surface area contributed by atoms with E-state index in [4.69, 9.17) is 0 Å². The maximum Gasteiger partial charge on any atom is 0.288 e. The predicted octanol–water partition coefficient (Wildman–Crippen LogP) is 3.03. The third-order valence-electron chi connectivity index (χ3n) is 4.14. The van der Waals surface area contributed by atoms with Gasteiger partial charge in [-0.2, -0.15) is 8.78 Å². The van der Waals surface area contributed by atoms with Crippen LogP contribution in [0.25, 0.3) is 0 Å². The van der Waals surface area contributed by atoms with Crippen LogP contribution in [0.1, 0.15) is 19.8 Å². The maximum absolute atomic E-state index is 12.6. The number of piperidine rings is 1. The number of alkyl halides is 2. The van der Waals surface area contributed by atoms with E-state index in [-0.39, 0.29) is 25.1 Å². The number of para-hydroxylation sites is 1. The van der Waals surface area contributed by atoms with Gasteiger partial charge >= 0.3 is 0 Å². The van der Waals surface area contributed by atoms with E-state index in [2.05, 4.69) is 12.2 Å². The lowest BCUT2D eigenvalue weighted by molar-refractivity contribution is -0.118. The van der Waals surface area contributed by atoms with Crippen LogP contribution in [0.15, 0.2) is 29.2 Å². The zero-order valence-corrected chi connectivity index (χ0v) is 13.9. The molecule has 0 aliphatic carbocycles. The molecule has 128 valence electrons.